The molecule has 0 fully saturated rings. The molecule has 0 aliphatic carbocycles. The summed E-state index contributed by atoms with van der Waals surface area (Å²) >= 11 is 0. The number of pyridine rings is 2. The van der Waals surface area contributed by atoms with Crippen LogP contribution in [0.3, 0.4) is 0 Å². The minimum Gasteiger partial charge on any atom is -0.489 e. The summed E-state index contributed by atoms with van der Waals surface area (Å²) in [4.78, 5) is 21.6. The lowest BCUT2D eigenvalue weighted by molar-refractivity contribution is -0.711. The topological polar surface area (TPSA) is 145 Å². The predicted molar refractivity (Wildman–Crippen MR) is 117 cm³/mol. The molecule has 0 unspecified atom stereocenters. The molecule has 0 aliphatic rings. The molecule has 0 radical (unpaired) electrons. The average molecular weight is 487 g/mol. The molecule has 0 spiro atoms. The Morgan fingerprint density at radius 1 is 1.12 bits per heavy atom. The highest BCUT2D eigenvalue weighted by Gasteiger charge is 2.20. The van der Waals surface area contributed by atoms with E-state index in [9.17, 15) is 8.96 Å². The largest absolute Gasteiger partial charge is 0.489 e. The fourth-order valence-corrected chi connectivity index (χ4v) is 3.43. The van der Waals surface area contributed by atoms with Crippen molar-refractivity contribution in [1.82, 2.24) is 10.1 Å². The van der Waals surface area contributed by atoms with Gasteiger partial charge >= 0.3 is 7.82 Å². The monoisotopic (exact) mass is 487 g/mol. The highest BCUT2D eigenvalue weighted by Crippen LogP contribution is 2.35. The van der Waals surface area contributed by atoms with Crippen molar-refractivity contribution in [3.8, 4) is 17.1 Å². The molecule has 0 atom stereocenters. The number of nitrogens with zero attached hydrogens (tertiary/aromatic N) is 3. The van der Waals surface area contributed by atoms with Crippen LogP contribution in [0, 0.1) is 5.82 Å². The molecule has 34 heavy (non-hydrogen) atoms. The van der Waals surface area contributed by atoms with Crippen molar-refractivity contribution in [1.29, 1.82) is 0 Å². The van der Waals surface area contributed by atoms with E-state index in [1.165, 1.54) is 16.8 Å². The van der Waals surface area contributed by atoms with Gasteiger partial charge in [-0.2, -0.15) is 0 Å². The van der Waals surface area contributed by atoms with Crippen LogP contribution in [0.4, 0.5) is 10.2 Å². The summed E-state index contributed by atoms with van der Waals surface area (Å²) in [6, 6.07) is 13.8. The Labute approximate surface area is 193 Å². The molecule has 4 N–H and O–H groups in total. The van der Waals surface area contributed by atoms with E-state index in [4.69, 9.17) is 24.8 Å². The van der Waals surface area contributed by atoms with Crippen LogP contribution in [-0.4, -0.2) is 19.9 Å². The molecule has 0 bridgehead atoms. The maximum atomic E-state index is 13.2. The van der Waals surface area contributed by atoms with Gasteiger partial charge in [0, 0.05) is 24.2 Å². The summed E-state index contributed by atoms with van der Waals surface area (Å²) in [5.41, 5.74) is 8.87. The lowest BCUT2D eigenvalue weighted by atomic mass is 10.1. The van der Waals surface area contributed by atoms with Crippen LogP contribution in [0.25, 0.3) is 11.3 Å². The Kier molecular flexibility index (Phi) is 6.99. The first-order valence-electron chi connectivity index (χ1n) is 10.0. The lowest BCUT2D eigenvalue weighted by Gasteiger charge is -2.07. The quantitative estimate of drug-likeness (QED) is 0.240. The molecule has 10 nitrogen and oxygen atoms in total. The van der Waals surface area contributed by atoms with E-state index >= 15 is 0 Å². The van der Waals surface area contributed by atoms with Crippen molar-refractivity contribution >= 4 is 13.6 Å². The van der Waals surface area contributed by atoms with E-state index in [0.29, 0.717) is 34.8 Å². The van der Waals surface area contributed by atoms with Crippen molar-refractivity contribution in [2.24, 2.45) is 0 Å². The summed E-state index contributed by atoms with van der Waals surface area (Å²) in [6.45, 7) is -0.219. The van der Waals surface area contributed by atoms with Crippen LogP contribution in [0.2, 0.25) is 0 Å². The third kappa shape index (κ3) is 6.24. The fourth-order valence-electron chi connectivity index (χ4n) is 3.16. The Bertz CT molecular complexity index is 1330. The minimum atomic E-state index is -4.64. The predicted octanol–water partition coefficient (Wildman–Crippen LogP) is 2.98. The number of halogens is 1. The zero-order valence-electron chi connectivity index (χ0n) is 17.7. The number of ether oxygens (including phenoxy) is 1. The molecular formula is C22H21FN4O6P+. The van der Waals surface area contributed by atoms with Crippen molar-refractivity contribution in [3.63, 3.8) is 0 Å². The molecule has 12 heteroatoms. The van der Waals surface area contributed by atoms with Gasteiger partial charge in [0.1, 0.15) is 23.7 Å². The number of aromatic nitrogens is 3. The molecule has 176 valence electrons. The highest BCUT2D eigenvalue weighted by atomic mass is 31.2. The number of phosphoric ester groups is 1. The summed E-state index contributed by atoms with van der Waals surface area (Å²) in [5.74, 6) is 0.827. The Balaban J connectivity index is 1.40. The normalized spacial score (nSPS) is 11.5. The Morgan fingerprint density at radius 3 is 2.65 bits per heavy atom. The van der Waals surface area contributed by atoms with Crippen molar-refractivity contribution in [3.05, 3.63) is 89.8 Å². The lowest BCUT2D eigenvalue weighted by Crippen LogP contribution is -2.38. The van der Waals surface area contributed by atoms with Crippen molar-refractivity contribution in [2.75, 3.05) is 5.73 Å². The number of benzene rings is 1. The van der Waals surface area contributed by atoms with E-state index < -0.39 is 20.4 Å². The van der Waals surface area contributed by atoms with E-state index in [2.05, 4.69) is 14.7 Å². The number of rotatable bonds is 9. The van der Waals surface area contributed by atoms with Gasteiger partial charge in [-0.05, 0) is 35.9 Å². The fraction of sp³-hybridized carbons (Fsp3) is 0.136. The van der Waals surface area contributed by atoms with Crippen LogP contribution >= 0.6 is 7.82 Å². The van der Waals surface area contributed by atoms with Gasteiger partial charge in [-0.15, -0.1) is 0 Å². The van der Waals surface area contributed by atoms with Gasteiger partial charge < -0.3 is 19.0 Å². The maximum Gasteiger partial charge on any atom is 0.472 e. The van der Waals surface area contributed by atoms with Gasteiger partial charge in [0.25, 0.3) is 5.82 Å². The van der Waals surface area contributed by atoms with E-state index in [1.54, 1.807) is 24.4 Å². The van der Waals surface area contributed by atoms with Gasteiger partial charge in [-0.3, -0.25) is 10.7 Å². The molecule has 0 amide bonds. The number of phosphoric acid groups is 1. The molecular weight excluding hydrogens is 466 g/mol. The molecule has 4 rings (SSSR count). The summed E-state index contributed by atoms with van der Waals surface area (Å²) in [7, 11) is -4.64. The summed E-state index contributed by atoms with van der Waals surface area (Å²) in [5, 5.41) is 4.08. The first-order valence-corrected chi connectivity index (χ1v) is 11.5. The first-order chi connectivity index (χ1) is 16.3. The molecule has 0 saturated carbocycles. The van der Waals surface area contributed by atoms with E-state index in [-0.39, 0.29) is 12.4 Å². The number of nitrogens with two attached hydrogens (primary N) is 1. The molecule has 4 aromatic rings. The second-order valence-corrected chi connectivity index (χ2v) is 8.57. The number of hydrogen-bond acceptors (Lipinski definition) is 7. The maximum absolute atomic E-state index is 13.2. The third-order valence-corrected chi connectivity index (χ3v) is 5.23. The zero-order valence-corrected chi connectivity index (χ0v) is 18.6. The van der Waals surface area contributed by atoms with Gasteiger partial charge in [0.05, 0.1) is 18.1 Å². The van der Waals surface area contributed by atoms with Crippen LogP contribution in [0.15, 0.2) is 71.6 Å². The Morgan fingerprint density at radius 2 is 1.91 bits per heavy atom. The Hall–Kier alpha value is -3.63. The molecule has 0 aliphatic heterocycles. The molecule has 0 saturated heterocycles. The number of anilines is 1. The molecule has 3 heterocycles. The van der Waals surface area contributed by atoms with Gasteiger partial charge in [0.15, 0.2) is 5.76 Å². The number of nitrogen functional groups attached to an aromatic ring is 1. The van der Waals surface area contributed by atoms with E-state index in [0.717, 1.165) is 11.8 Å². The highest BCUT2D eigenvalue weighted by molar-refractivity contribution is 7.46. The first kappa shape index (κ1) is 23.5. The zero-order chi connectivity index (χ0) is 24.1. The van der Waals surface area contributed by atoms with Crippen LogP contribution < -0.4 is 15.0 Å². The second kappa shape index (κ2) is 10.1. The van der Waals surface area contributed by atoms with Gasteiger partial charge in [-0.25, -0.2) is 18.0 Å². The SMILES string of the molecule is Nc1c(-c2cc(Cc3ccc(OCc4cncc(F)c4)cc3)no2)ccc[n+]1COP(=O)(O)O. The smallest absolute Gasteiger partial charge is 0.472 e. The molecule has 3 aromatic heterocycles. The van der Waals surface area contributed by atoms with Gasteiger partial charge in [-0.1, -0.05) is 17.3 Å². The summed E-state index contributed by atoms with van der Waals surface area (Å²) in [6.07, 6.45) is 4.70. The number of hydrogen-bond donors (Lipinski definition) is 3. The molecule has 1 aromatic carbocycles. The van der Waals surface area contributed by atoms with Crippen molar-refractivity contribution in [2.45, 2.75) is 19.8 Å². The summed E-state index contributed by atoms with van der Waals surface area (Å²) < 4.78 is 41.1. The second-order valence-electron chi connectivity index (χ2n) is 7.33. The van der Waals surface area contributed by atoms with E-state index in [1.807, 2.05) is 24.3 Å². The van der Waals surface area contributed by atoms with Crippen LogP contribution in [-0.2, 0) is 28.8 Å². The third-order valence-electron chi connectivity index (χ3n) is 4.78. The van der Waals surface area contributed by atoms with Crippen LogP contribution in [0.1, 0.15) is 16.8 Å². The average Bonchev–Trinajstić information content (AvgIpc) is 3.25. The van der Waals surface area contributed by atoms with Gasteiger partial charge in [0.2, 0.25) is 6.73 Å². The van der Waals surface area contributed by atoms with Crippen LogP contribution in [0.5, 0.6) is 5.75 Å². The standard InChI is InChI=1S/C22H20FN4O6P/c23-17-8-16(11-25-12-17)13-31-19-5-3-15(4-6-19)9-18-10-21(33-26-18)20-2-1-7-27(22(20)24)14-32-34(28,29)30/h1-8,10-12,24H,9,13-14H2,(H2,28,29,30)/p+1. The van der Waals surface area contributed by atoms with Crippen molar-refractivity contribution < 1.29 is 37.1 Å². The minimum absolute atomic E-state index is 0.202.